The number of hydrogen-bond donors (Lipinski definition) is 2. The van der Waals surface area contributed by atoms with Gasteiger partial charge in [-0.25, -0.2) is 0 Å². The molecule has 6 heteroatoms. The number of nitrogens with one attached hydrogen (secondary N) is 2. The fourth-order valence-corrected chi connectivity index (χ4v) is 4.42. The molecule has 30 heavy (non-hydrogen) atoms. The Kier molecular flexibility index (Phi) is 4.83. The number of para-hydroxylation sites is 1. The van der Waals surface area contributed by atoms with E-state index in [4.69, 9.17) is 4.98 Å². The van der Waals surface area contributed by atoms with Gasteiger partial charge in [-0.2, -0.15) is 0 Å². The van der Waals surface area contributed by atoms with Gasteiger partial charge < -0.3 is 15.5 Å². The number of carbonyl (C=O) groups is 2. The maximum Gasteiger partial charge on any atom is 0.252 e. The van der Waals surface area contributed by atoms with Crippen molar-refractivity contribution in [3.05, 3.63) is 70.9 Å². The number of benzene rings is 2. The standard InChI is InChI=1S/C24H24N4O2/c29-22-15-28(13-12-25-22)17-10-8-16(9-11-17)14-26-24(30)23-18-4-1-2-6-20(18)27-21-7-3-5-19(21)23/h1-2,4,6,8-11H,3,5,7,12-15H2,(H,25,29)(H,26,30). The zero-order valence-corrected chi connectivity index (χ0v) is 16.8. The van der Waals surface area contributed by atoms with E-state index in [9.17, 15) is 9.59 Å². The number of carbonyl (C=O) groups excluding carboxylic acids is 2. The molecule has 2 aliphatic rings. The van der Waals surface area contributed by atoms with Gasteiger partial charge in [-0.15, -0.1) is 0 Å². The number of rotatable bonds is 4. The van der Waals surface area contributed by atoms with Crippen molar-refractivity contribution in [2.45, 2.75) is 25.8 Å². The van der Waals surface area contributed by atoms with Gasteiger partial charge in [0.05, 0.1) is 17.6 Å². The third-order valence-electron chi connectivity index (χ3n) is 5.94. The van der Waals surface area contributed by atoms with Gasteiger partial charge in [0.2, 0.25) is 5.91 Å². The fraction of sp³-hybridized carbons (Fsp3) is 0.292. The second kappa shape index (κ2) is 7.78. The molecule has 1 saturated heterocycles. The number of aryl methyl sites for hydroxylation is 1. The SMILES string of the molecule is O=C1CN(c2ccc(CNC(=O)c3c4c(nc5ccccc35)CCC4)cc2)CCN1. The average Bonchev–Trinajstić information content (AvgIpc) is 3.24. The number of amides is 2. The normalized spacial score (nSPS) is 15.7. The minimum Gasteiger partial charge on any atom is -0.360 e. The summed E-state index contributed by atoms with van der Waals surface area (Å²) in [4.78, 5) is 31.6. The molecular formula is C24H24N4O2. The van der Waals surface area contributed by atoms with Crippen LogP contribution in [0.25, 0.3) is 10.9 Å². The lowest BCUT2D eigenvalue weighted by molar-refractivity contribution is -0.120. The summed E-state index contributed by atoms with van der Waals surface area (Å²) >= 11 is 0. The Morgan fingerprint density at radius 3 is 2.77 bits per heavy atom. The molecule has 0 bridgehead atoms. The van der Waals surface area contributed by atoms with Gasteiger partial charge >= 0.3 is 0 Å². The van der Waals surface area contributed by atoms with Crippen molar-refractivity contribution in [3.63, 3.8) is 0 Å². The van der Waals surface area contributed by atoms with E-state index in [1.54, 1.807) is 0 Å². The minimum atomic E-state index is -0.0384. The van der Waals surface area contributed by atoms with Gasteiger partial charge in [0.25, 0.3) is 5.91 Å². The van der Waals surface area contributed by atoms with Crippen LogP contribution in [0.1, 0.15) is 33.6 Å². The molecule has 2 aromatic carbocycles. The van der Waals surface area contributed by atoms with Crippen LogP contribution in [0.5, 0.6) is 0 Å². The average molecular weight is 400 g/mol. The third-order valence-corrected chi connectivity index (χ3v) is 5.94. The van der Waals surface area contributed by atoms with E-state index in [1.807, 2.05) is 48.5 Å². The van der Waals surface area contributed by atoms with Gasteiger partial charge in [0.15, 0.2) is 0 Å². The molecule has 0 unspecified atom stereocenters. The molecule has 0 radical (unpaired) electrons. The van der Waals surface area contributed by atoms with E-state index in [-0.39, 0.29) is 11.8 Å². The van der Waals surface area contributed by atoms with Crippen LogP contribution in [0.15, 0.2) is 48.5 Å². The predicted molar refractivity (Wildman–Crippen MR) is 117 cm³/mol. The quantitative estimate of drug-likeness (QED) is 0.706. The molecule has 0 saturated carbocycles. The molecule has 3 aromatic rings. The van der Waals surface area contributed by atoms with Crippen LogP contribution < -0.4 is 15.5 Å². The highest BCUT2D eigenvalue weighted by atomic mass is 16.2. The lowest BCUT2D eigenvalue weighted by Crippen LogP contribution is -2.47. The van der Waals surface area contributed by atoms with E-state index < -0.39 is 0 Å². The highest BCUT2D eigenvalue weighted by Crippen LogP contribution is 2.30. The second-order valence-corrected chi connectivity index (χ2v) is 7.90. The van der Waals surface area contributed by atoms with Crippen LogP contribution in [-0.4, -0.2) is 36.4 Å². The van der Waals surface area contributed by atoms with Crippen molar-refractivity contribution in [1.29, 1.82) is 0 Å². The number of hydrogen-bond acceptors (Lipinski definition) is 4. The summed E-state index contributed by atoms with van der Waals surface area (Å²) in [5, 5.41) is 6.86. The molecule has 5 rings (SSSR count). The van der Waals surface area contributed by atoms with Crippen LogP contribution in [0.2, 0.25) is 0 Å². The topological polar surface area (TPSA) is 74.3 Å². The Hall–Kier alpha value is -3.41. The summed E-state index contributed by atoms with van der Waals surface area (Å²) in [5.41, 5.74) is 5.89. The number of pyridine rings is 1. The van der Waals surface area contributed by atoms with Crippen LogP contribution in [0.4, 0.5) is 5.69 Å². The minimum absolute atomic E-state index is 0.0384. The largest absolute Gasteiger partial charge is 0.360 e. The molecule has 1 aromatic heterocycles. The van der Waals surface area contributed by atoms with E-state index in [1.165, 1.54) is 0 Å². The summed E-state index contributed by atoms with van der Waals surface area (Å²) in [5.74, 6) is 0.0122. The molecule has 2 heterocycles. The Morgan fingerprint density at radius 1 is 1.10 bits per heavy atom. The van der Waals surface area contributed by atoms with Crippen molar-refractivity contribution < 1.29 is 9.59 Å². The fourth-order valence-electron chi connectivity index (χ4n) is 4.42. The second-order valence-electron chi connectivity index (χ2n) is 7.90. The molecule has 0 atom stereocenters. The molecular weight excluding hydrogens is 376 g/mol. The molecule has 1 aliphatic heterocycles. The van der Waals surface area contributed by atoms with E-state index >= 15 is 0 Å². The number of aromatic nitrogens is 1. The summed E-state index contributed by atoms with van der Waals surface area (Å²) in [6.07, 6.45) is 2.90. The monoisotopic (exact) mass is 400 g/mol. The molecule has 6 nitrogen and oxygen atoms in total. The molecule has 2 N–H and O–H groups in total. The first kappa shape index (κ1) is 18.6. The smallest absolute Gasteiger partial charge is 0.252 e. The maximum absolute atomic E-state index is 13.2. The van der Waals surface area contributed by atoms with Crippen LogP contribution >= 0.6 is 0 Å². The summed E-state index contributed by atoms with van der Waals surface area (Å²) < 4.78 is 0. The Morgan fingerprint density at radius 2 is 1.93 bits per heavy atom. The summed E-state index contributed by atoms with van der Waals surface area (Å²) in [7, 11) is 0. The van der Waals surface area contributed by atoms with Crippen LogP contribution in [0.3, 0.4) is 0 Å². The predicted octanol–water partition coefficient (Wildman–Crippen LogP) is 2.59. The number of piperazine rings is 1. The first-order chi connectivity index (χ1) is 14.7. The van der Waals surface area contributed by atoms with E-state index in [0.717, 1.165) is 64.8 Å². The lowest BCUT2D eigenvalue weighted by Gasteiger charge is -2.28. The lowest BCUT2D eigenvalue weighted by atomic mass is 10.0. The van der Waals surface area contributed by atoms with Gasteiger partial charge in [-0.3, -0.25) is 14.6 Å². The molecule has 1 fully saturated rings. The zero-order chi connectivity index (χ0) is 20.5. The third kappa shape index (κ3) is 3.49. The molecule has 0 spiro atoms. The Labute approximate surface area is 175 Å². The van der Waals surface area contributed by atoms with Crippen molar-refractivity contribution >= 4 is 28.4 Å². The molecule has 1 aliphatic carbocycles. The first-order valence-corrected chi connectivity index (χ1v) is 10.5. The van der Waals surface area contributed by atoms with Crippen LogP contribution in [0, 0.1) is 0 Å². The van der Waals surface area contributed by atoms with Crippen molar-refractivity contribution in [2.75, 3.05) is 24.5 Å². The summed E-state index contributed by atoms with van der Waals surface area (Å²) in [6, 6.07) is 15.9. The van der Waals surface area contributed by atoms with Crippen LogP contribution in [-0.2, 0) is 24.2 Å². The van der Waals surface area contributed by atoms with Crippen molar-refractivity contribution in [1.82, 2.24) is 15.6 Å². The molecule has 2 amide bonds. The number of nitrogens with zero attached hydrogens (tertiary/aromatic N) is 2. The van der Waals surface area contributed by atoms with Crippen molar-refractivity contribution in [2.24, 2.45) is 0 Å². The summed E-state index contributed by atoms with van der Waals surface area (Å²) in [6.45, 7) is 2.32. The zero-order valence-electron chi connectivity index (χ0n) is 16.8. The van der Waals surface area contributed by atoms with E-state index in [2.05, 4.69) is 15.5 Å². The van der Waals surface area contributed by atoms with E-state index in [0.29, 0.717) is 19.6 Å². The van der Waals surface area contributed by atoms with Gasteiger partial charge in [-0.1, -0.05) is 30.3 Å². The van der Waals surface area contributed by atoms with Crippen molar-refractivity contribution in [3.8, 4) is 0 Å². The van der Waals surface area contributed by atoms with Gasteiger partial charge in [0.1, 0.15) is 0 Å². The molecule has 152 valence electrons. The Bertz CT molecular complexity index is 1120. The highest BCUT2D eigenvalue weighted by Gasteiger charge is 2.23. The number of anilines is 1. The Balaban J connectivity index is 1.33. The number of fused-ring (bicyclic) bond motifs is 2. The van der Waals surface area contributed by atoms with Gasteiger partial charge in [0, 0.05) is 36.4 Å². The highest BCUT2D eigenvalue weighted by molar-refractivity contribution is 6.07. The first-order valence-electron chi connectivity index (χ1n) is 10.5. The van der Waals surface area contributed by atoms with Gasteiger partial charge in [-0.05, 0) is 48.6 Å². The maximum atomic E-state index is 13.2.